The summed E-state index contributed by atoms with van der Waals surface area (Å²) in [6, 6.07) is 11.5. The number of aromatic nitrogens is 1. The maximum Gasteiger partial charge on any atom is 0.293 e. The Morgan fingerprint density at radius 1 is 1.13 bits per heavy atom. The molecule has 0 radical (unpaired) electrons. The van der Waals surface area contributed by atoms with E-state index in [1.54, 1.807) is 6.07 Å². The van der Waals surface area contributed by atoms with Crippen LogP contribution in [-0.2, 0) is 11.3 Å². The van der Waals surface area contributed by atoms with Crippen molar-refractivity contribution in [2.24, 2.45) is 0 Å². The van der Waals surface area contributed by atoms with Crippen LogP contribution in [0.25, 0.3) is 17.0 Å². The van der Waals surface area contributed by atoms with E-state index in [1.807, 2.05) is 49.5 Å². The van der Waals surface area contributed by atoms with Crippen LogP contribution in [0.5, 0.6) is 0 Å². The van der Waals surface area contributed by atoms with Crippen molar-refractivity contribution in [1.82, 2.24) is 9.47 Å². The predicted molar refractivity (Wildman–Crippen MR) is 133 cm³/mol. The molecule has 0 saturated carbocycles. The highest BCUT2D eigenvalue weighted by Crippen LogP contribution is 2.35. The number of fused-ring (bicyclic) bond motifs is 1. The van der Waals surface area contributed by atoms with Gasteiger partial charge < -0.3 is 4.57 Å². The number of carbonyl (C=O) groups excluding carboxylic acids is 2. The Morgan fingerprint density at radius 2 is 1.94 bits per heavy atom. The van der Waals surface area contributed by atoms with Gasteiger partial charge in [0.05, 0.1) is 4.91 Å². The number of nitrogens with zero attached hydrogens (tertiary/aromatic N) is 2. The van der Waals surface area contributed by atoms with Gasteiger partial charge in [0.25, 0.3) is 11.1 Å². The lowest BCUT2D eigenvalue weighted by molar-refractivity contribution is -0.122. The van der Waals surface area contributed by atoms with Gasteiger partial charge in [0.1, 0.15) is 0 Å². The number of halogens is 3. The zero-order valence-corrected chi connectivity index (χ0v) is 20.6. The van der Waals surface area contributed by atoms with Crippen LogP contribution in [0.15, 0.2) is 52.0 Å². The Morgan fingerprint density at radius 3 is 2.68 bits per heavy atom. The molecule has 0 bridgehead atoms. The molecule has 8 heteroatoms. The smallest absolute Gasteiger partial charge is 0.293 e. The molecule has 0 N–H and O–H groups in total. The molecule has 1 fully saturated rings. The number of amides is 2. The summed E-state index contributed by atoms with van der Waals surface area (Å²) in [5, 5.41) is 1.97. The summed E-state index contributed by atoms with van der Waals surface area (Å²) in [6.45, 7) is 3.05. The topological polar surface area (TPSA) is 42.3 Å². The van der Waals surface area contributed by atoms with Crippen molar-refractivity contribution >= 4 is 79.0 Å². The average molecular weight is 538 g/mol. The maximum atomic E-state index is 12.8. The minimum Gasteiger partial charge on any atom is -0.342 e. The van der Waals surface area contributed by atoms with Crippen LogP contribution >= 0.6 is 50.9 Å². The molecule has 0 aliphatic carbocycles. The predicted octanol–water partition coefficient (Wildman–Crippen LogP) is 7.60. The maximum absolute atomic E-state index is 12.8. The van der Waals surface area contributed by atoms with E-state index in [1.165, 1.54) is 4.90 Å². The van der Waals surface area contributed by atoms with Gasteiger partial charge in [-0.3, -0.25) is 14.5 Å². The van der Waals surface area contributed by atoms with Gasteiger partial charge in [-0.2, -0.15) is 0 Å². The number of thioether (sulfide) groups is 1. The van der Waals surface area contributed by atoms with Crippen LogP contribution in [0.1, 0.15) is 30.9 Å². The molecule has 1 aromatic heterocycles. The van der Waals surface area contributed by atoms with E-state index < -0.39 is 0 Å². The number of hydrogen-bond acceptors (Lipinski definition) is 3. The van der Waals surface area contributed by atoms with Crippen molar-refractivity contribution in [3.63, 3.8) is 0 Å². The third-order valence-electron chi connectivity index (χ3n) is 5.13. The molecule has 1 aliphatic rings. The normalized spacial score (nSPS) is 15.6. The first kappa shape index (κ1) is 22.5. The second-order valence-corrected chi connectivity index (χ2v) is 10.0. The van der Waals surface area contributed by atoms with E-state index in [9.17, 15) is 9.59 Å². The van der Waals surface area contributed by atoms with E-state index in [0.717, 1.165) is 51.1 Å². The van der Waals surface area contributed by atoms with Crippen molar-refractivity contribution in [3.05, 3.63) is 73.1 Å². The largest absolute Gasteiger partial charge is 0.342 e. The van der Waals surface area contributed by atoms with Gasteiger partial charge in [0, 0.05) is 50.3 Å². The van der Waals surface area contributed by atoms with E-state index in [0.29, 0.717) is 28.0 Å². The fourth-order valence-corrected chi connectivity index (χ4v) is 5.21. The molecule has 1 saturated heterocycles. The first-order valence-corrected chi connectivity index (χ1v) is 12.2. The molecule has 4 rings (SSSR count). The SMILES string of the molecule is CCCCN1C(=O)S/C(=C\c2cn(Cc3ccc(Cl)cc3Cl)c3ccc(Br)cc23)C1=O. The van der Waals surface area contributed by atoms with Gasteiger partial charge in [-0.05, 0) is 60.2 Å². The standard InChI is InChI=1S/C23H19BrCl2N2O2S/c1-2-3-8-28-22(29)21(31-23(28)30)9-15-13-27(20-7-5-16(24)10-18(15)20)12-14-4-6-17(25)11-19(14)26/h4-7,9-11,13H,2-3,8,12H2,1H3/b21-9-. The summed E-state index contributed by atoms with van der Waals surface area (Å²) in [5.74, 6) is -0.222. The highest BCUT2D eigenvalue weighted by molar-refractivity contribution is 9.10. The minimum absolute atomic E-state index is 0.206. The van der Waals surface area contributed by atoms with E-state index in [-0.39, 0.29) is 11.1 Å². The van der Waals surface area contributed by atoms with Gasteiger partial charge >= 0.3 is 0 Å². The lowest BCUT2D eigenvalue weighted by Crippen LogP contribution is -2.29. The number of hydrogen-bond donors (Lipinski definition) is 0. The zero-order valence-electron chi connectivity index (χ0n) is 16.7. The molecule has 0 atom stereocenters. The monoisotopic (exact) mass is 536 g/mol. The third kappa shape index (κ3) is 4.72. The molecular formula is C23H19BrCl2N2O2S. The van der Waals surface area contributed by atoms with Gasteiger partial charge in [-0.1, -0.05) is 58.5 Å². The molecular weight excluding hydrogens is 519 g/mol. The Balaban J connectivity index is 1.73. The highest BCUT2D eigenvalue weighted by atomic mass is 79.9. The number of carbonyl (C=O) groups is 2. The van der Waals surface area contributed by atoms with Crippen molar-refractivity contribution < 1.29 is 9.59 Å². The third-order valence-corrected chi connectivity index (χ3v) is 7.11. The molecule has 2 aromatic carbocycles. The van der Waals surface area contributed by atoms with E-state index in [2.05, 4.69) is 20.5 Å². The molecule has 1 aliphatic heterocycles. The summed E-state index contributed by atoms with van der Waals surface area (Å²) >= 11 is 16.9. The Bertz CT molecular complexity index is 1220. The molecule has 160 valence electrons. The number of benzene rings is 2. The second kappa shape index (κ2) is 9.41. The fraction of sp³-hybridized carbons (Fsp3) is 0.217. The summed E-state index contributed by atoms with van der Waals surface area (Å²) in [5.41, 5.74) is 2.82. The van der Waals surface area contributed by atoms with Crippen LogP contribution in [0, 0.1) is 0 Å². The van der Waals surface area contributed by atoms with Crippen LogP contribution in [-0.4, -0.2) is 27.2 Å². The van der Waals surface area contributed by atoms with Crippen LogP contribution in [0.3, 0.4) is 0 Å². The average Bonchev–Trinajstić information content (AvgIpc) is 3.19. The summed E-state index contributed by atoms with van der Waals surface area (Å²) in [6.07, 6.45) is 5.53. The first-order valence-electron chi connectivity index (χ1n) is 9.85. The van der Waals surface area contributed by atoms with Crippen LogP contribution in [0.4, 0.5) is 4.79 Å². The van der Waals surface area contributed by atoms with Gasteiger partial charge in [-0.15, -0.1) is 0 Å². The molecule has 3 aromatic rings. The lowest BCUT2D eigenvalue weighted by Gasteiger charge is -2.10. The molecule has 0 unspecified atom stereocenters. The molecule has 31 heavy (non-hydrogen) atoms. The Hall–Kier alpha value is -1.73. The quantitative estimate of drug-likeness (QED) is 0.304. The highest BCUT2D eigenvalue weighted by Gasteiger charge is 2.34. The van der Waals surface area contributed by atoms with Crippen molar-refractivity contribution in [2.75, 3.05) is 6.54 Å². The van der Waals surface area contributed by atoms with Gasteiger partial charge in [-0.25, -0.2) is 0 Å². The fourth-order valence-electron chi connectivity index (χ4n) is 3.53. The van der Waals surface area contributed by atoms with E-state index in [4.69, 9.17) is 23.2 Å². The second-order valence-electron chi connectivity index (χ2n) is 7.30. The minimum atomic E-state index is -0.222. The molecule has 2 amide bonds. The van der Waals surface area contributed by atoms with Crippen molar-refractivity contribution in [1.29, 1.82) is 0 Å². The summed E-state index contributed by atoms with van der Waals surface area (Å²) < 4.78 is 3.03. The van der Waals surface area contributed by atoms with Crippen LogP contribution in [0.2, 0.25) is 10.0 Å². The number of imide groups is 1. The first-order chi connectivity index (χ1) is 14.9. The number of rotatable bonds is 6. The van der Waals surface area contributed by atoms with Gasteiger partial charge in [0.15, 0.2) is 0 Å². The van der Waals surface area contributed by atoms with Crippen LogP contribution < -0.4 is 0 Å². The zero-order chi connectivity index (χ0) is 22.1. The lowest BCUT2D eigenvalue weighted by atomic mass is 10.1. The molecule has 0 spiro atoms. The van der Waals surface area contributed by atoms with Gasteiger partial charge in [0.2, 0.25) is 0 Å². The molecule has 4 nitrogen and oxygen atoms in total. The van der Waals surface area contributed by atoms with Crippen molar-refractivity contribution in [2.45, 2.75) is 26.3 Å². The molecule has 2 heterocycles. The number of unbranched alkanes of at least 4 members (excludes halogenated alkanes) is 1. The van der Waals surface area contributed by atoms with E-state index >= 15 is 0 Å². The van der Waals surface area contributed by atoms with Crippen molar-refractivity contribution in [3.8, 4) is 0 Å². The summed E-state index contributed by atoms with van der Waals surface area (Å²) in [4.78, 5) is 26.9. The Labute approximate surface area is 203 Å². The Kier molecular flexibility index (Phi) is 6.82. The summed E-state index contributed by atoms with van der Waals surface area (Å²) in [7, 11) is 0.